The number of aromatic amines is 2. The molecule has 1 fully saturated rings. The van der Waals surface area contributed by atoms with Crippen LogP contribution in [0.4, 0.5) is 5.69 Å². The van der Waals surface area contributed by atoms with Crippen LogP contribution < -0.4 is 16.3 Å². The Labute approximate surface area is 131 Å². The van der Waals surface area contributed by atoms with Gasteiger partial charge in [0.15, 0.2) is 5.52 Å². The van der Waals surface area contributed by atoms with Crippen molar-refractivity contribution in [2.45, 2.75) is 26.0 Å². The van der Waals surface area contributed by atoms with Crippen molar-refractivity contribution in [2.75, 3.05) is 18.8 Å². The van der Waals surface area contributed by atoms with Crippen LogP contribution in [-0.2, 0) is 6.54 Å². The number of fused-ring (bicyclic) bond motifs is 3. The lowest BCUT2D eigenvalue weighted by Gasteiger charge is -2.10. The van der Waals surface area contributed by atoms with Crippen molar-refractivity contribution >= 4 is 27.8 Å². The number of nitrogens with two attached hydrogens (primary N) is 1. The van der Waals surface area contributed by atoms with Gasteiger partial charge in [-0.05, 0) is 25.0 Å². The number of rotatable bonds is 2. The largest absolute Gasteiger partial charge is 0.444 e. The fourth-order valence-electron chi connectivity index (χ4n) is 3.23. The average Bonchev–Trinajstić information content (AvgIpc) is 3.07. The van der Waals surface area contributed by atoms with E-state index >= 15 is 0 Å². The van der Waals surface area contributed by atoms with Crippen molar-refractivity contribution in [3.63, 3.8) is 0 Å². The molecule has 4 rings (SSSR count). The third-order valence-electron chi connectivity index (χ3n) is 4.49. The van der Waals surface area contributed by atoms with E-state index in [1.165, 1.54) is 0 Å². The van der Waals surface area contributed by atoms with E-state index in [2.05, 4.69) is 14.9 Å². The number of hydrogen-bond acceptors (Lipinski definition) is 5. The van der Waals surface area contributed by atoms with Crippen LogP contribution in [-0.4, -0.2) is 34.2 Å². The van der Waals surface area contributed by atoms with E-state index in [1.807, 2.05) is 19.1 Å². The maximum Gasteiger partial charge on any atom is 0.378 e. The van der Waals surface area contributed by atoms with Gasteiger partial charge in [-0.3, -0.25) is 4.90 Å². The number of H-pyrrole nitrogens is 2. The van der Waals surface area contributed by atoms with Gasteiger partial charge in [-0.15, -0.1) is 0 Å². The molecule has 120 valence electrons. The van der Waals surface area contributed by atoms with Crippen LogP contribution in [0.5, 0.6) is 0 Å². The summed E-state index contributed by atoms with van der Waals surface area (Å²) in [6, 6.07) is 3.70. The Bertz CT molecular complexity index is 959. The summed E-state index contributed by atoms with van der Waals surface area (Å²) in [5, 5.41) is 10.4. The smallest absolute Gasteiger partial charge is 0.378 e. The summed E-state index contributed by atoms with van der Waals surface area (Å²) in [6.07, 6.45) is 0.464. The van der Waals surface area contributed by atoms with Crippen molar-refractivity contribution in [3.05, 3.63) is 33.9 Å². The summed E-state index contributed by atoms with van der Waals surface area (Å²) in [5.74, 6) is 0.681. The van der Waals surface area contributed by atoms with Crippen molar-refractivity contribution in [1.29, 1.82) is 0 Å². The van der Waals surface area contributed by atoms with Gasteiger partial charge in [0.05, 0.1) is 11.5 Å². The summed E-state index contributed by atoms with van der Waals surface area (Å²) < 4.78 is 5.65. The highest BCUT2D eigenvalue weighted by molar-refractivity contribution is 6.07. The van der Waals surface area contributed by atoms with E-state index in [4.69, 9.17) is 10.2 Å². The minimum Gasteiger partial charge on any atom is -0.444 e. The number of aliphatic hydroxyl groups is 1. The Balaban J connectivity index is 1.86. The van der Waals surface area contributed by atoms with E-state index in [-0.39, 0.29) is 17.2 Å². The van der Waals surface area contributed by atoms with E-state index in [1.54, 1.807) is 0 Å². The Morgan fingerprint density at radius 1 is 1.52 bits per heavy atom. The topological polar surface area (TPSA) is 110 Å². The number of benzene rings is 1. The van der Waals surface area contributed by atoms with E-state index in [0.29, 0.717) is 35.7 Å². The number of likely N-dealkylation sites (tertiary alicyclic amines) is 1. The van der Waals surface area contributed by atoms with Gasteiger partial charge in [-0.1, -0.05) is 6.07 Å². The van der Waals surface area contributed by atoms with Gasteiger partial charge >= 0.3 is 5.56 Å². The van der Waals surface area contributed by atoms with Gasteiger partial charge in [0.1, 0.15) is 12.1 Å². The van der Waals surface area contributed by atoms with Crippen LogP contribution in [0.3, 0.4) is 0 Å². The fraction of sp³-hybridized carbons (Fsp3) is 0.375. The van der Waals surface area contributed by atoms with Gasteiger partial charge in [0.2, 0.25) is 0 Å². The molecule has 1 saturated heterocycles. The van der Waals surface area contributed by atoms with Crippen LogP contribution in [0.25, 0.3) is 22.1 Å². The lowest BCUT2D eigenvalue weighted by Crippen LogP contribution is -2.30. The fourth-order valence-corrected chi connectivity index (χ4v) is 3.23. The Morgan fingerprint density at radius 3 is 3.09 bits per heavy atom. The molecule has 0 amide bonds. The number of nitrogens with one attached hydrogen (secondary N) is 2. The van der Waals surface area contributed by atoms with Crippen LogP contribution in [0.15, 0.2) is 21.3 Å². The zero-order valence-electron chi connectivity index (χ0n) is 12.8. The van der Waals surface area contributed by atoms with E-state index in [9.17, 15) is 9.90 Å². The molecule has 1 aliphatic heterocycles. The molecule has 1 aliphatic rings. The minimum atomic E-state index is -0.293. The zero-order chi connectivity index (χ0) is 16.1. The molecule has 1 aromatic carbocycles. The molecule has 3 aromatic rings. The maximum atomic E-state index is 12.3. The first-order valence-electron chi connectivity index (χ1n) is 7.69. The summed E-state index contributed by atoms with van der Waals surface area (Å²) in [7, 11) is 0. The number of aryl methyl sites for hydroxylation is 1. The first-order valence-corrected chi connectivity index (χ1v) is 7.69. The molecular weight excluding hydrogens is 296 g/mol. The van der Waals surface area contributed by atoms with Crippen LogP contribution in [0, 0.1) is 6.92 Å². The molecule has 1 unspecified atom stereocenters. The standard InChI is InChI=1S/C16H18N4O3/c1-8-2-3-10-12(13(8)17)14-15(23-10)16(22)19-11(18-14)7-20-5-4-9(21)6-20/h2-3,9,21H,4-7,17H2,1H3,(H,18,19,22)/p+1. The summed E-state index contributed by atoms with van der Waals surface area (Å²) in [5.41, 5.74) is 8.93. The van der Waals surface area contributed by atoms with Crippen LogP contribution in [0.1, 0.15) is 17.8 Å². The Kier molecular flexibility index (Phi) is 3.14. The number of furan rings is 1. The number of aliphatic hydroxyl groups excluding tert-OH is 1. The van der Waals surface area contributed by atoms with Crippen molar-refractivity contribution in [2.24, 2.45) is 0 Å². The molecule has 1 atom stereocenters. The minimum absolute atomic E-state index is 0.252. The number of nitrogens with zero attached hydrogens (tertiary/aromatic N) is 1. The van der Waals surface area contributed by atoms with Crippen molar-refractivity contribution in [3.8, 4) is 0 Å². The molecule has 2 aromatic heterocycles. The van der Waals surface area contributed by atoms with Crippen molar-refractivity contribution < 1.29 is 14.5 Å². The average molecular weight is 315 g/mol. The van der Waals surface area contributed by atoms with Gasteiger partial charge in [-0.25, -0.2) is 14.8 Å². The van der Waals surface area contributed by atoms with Gasteiger partial charge in [0, 0.05) is 18.8 Å². The maximum absolute atomic E-state index is 12.3. The molecule has 23 heavy (non-hydrogen) atoms. The lowest BCUT2D eigenvalue weighted by molar-refractivity contribution is -0.365. The number of nitrogen functional groups attached to an aromatic ring is 1. The van der Waals surface area contributed by atoms with Gasteiger partial charge < -0.3 is 15.3 Å². The van der Waals surface area contributed by atoms with Crippen LogP contribution >= 0.6 is 0 Å². The van der Waals surface area contributed by atoms with Crippen LogP contribution in [0.2, 0.25) is 0 Å². The monoisotopic (exact) mass is 315 g/mol. The molecule has 0 spiro atoms. The molecule has 7 heteroatoms. The third-order valence-corrected chi connectivity index (χ3v) is 4.49. The van der Waals surface area contributed by atoms with Gasteiger partial charge in [0.25, 0.3) is 11.4 Å². The Morgan fingerprint density at radius 2 is 2.35 bits per heavy atom. The molecule has 0 saturated carbocycles. The number of hydrogen-bond donors (Lipinski definition) is 3. The predicted molar refractivity (Wildman–Crippen MR) is 85.9 cm³/mol. The number of anilines is 1. The quantitative estimate of drug-likeness (QED) is 0.598. The third kappa shape index (κ3) is 2.29. The second kappa shape index (κ2) is 5.07. The SMILES string of the molecule is Cc1ccc2oc3c(=O)[nH]c(CN4CCC(O)C4)[nH+]c3c2c1N. The number of β-amino-alcohol motifs (C(OH)–C–C–N with tert-alkyl or cyclic N) is 1. The van der Waals surface area contributed by atoms with Crippen molar-refractivity contribution in [1.82, 2.24) is 9.88 Å². The lowest BCUT2D eigenvalue weighted by atomic mass is 10.1. The molecular formula is C16H19N4O3+. The second-order valence-corrected chi connectivity index (χ2v) is 6.21. The van der Waals surface area contributed by atoms with E-state index in [0.717, 1.165) is 23.9 Å². The molecule has 0 radical (unpaired) electrons. The van der Waals surface area contributed by atoms with Gasteiger partial charge in [-0.2, -0.15) is 0 Å². The molecule has 3 heterocycles. The van der Waals surface area contributed by atoms with E-state index < -0.39 is 0 Å². The highest BCUT2D eigenvalue weighted by atomic mass is 16.3. The zero-order valence-corrected chi connectivity index (χ0v) is 12.8. The number of aromatic nitrogens is 2. The highest BCUT2D eigenvalue weighted by Gasteiger charge is 2.25. The highest BCUT2D eigenvalue weighted by Crippen LogP contribution is 2.30. The molecule has 7 nitrogen and oxygen atoms in total. The summed E-state index contributed by atoms with van der Waals surface area (Å²) in [4.78, 5) is 20.5. The first kappa shape index (κ1) is 14.2. The normalized spacial score (nSPS) is 19.1. The molecule has 5 N–H and O–H groups in total. The Hall–Kier alpha value is -2.38. The predicted octanol–water partition coefficient (Wildman–Crippen LogP) is 0.546. The molecule has 0 bridgehead atoms. The second-order valence-electron chi connectivity index (χ2n) is 6.21. The summed E-state index contributed by atoms with van der Waals surface area (Å²) in [6.45, 7) is 3.89. The molecule has 0 aliphatic carbocycles. The first-order chi connectivity index (χ1) is 11.0. The summed E-state index contributed by atoms with van der Waals surface area (Å²) >= 11 is 0.